The number of nitrogens with one attached hydrogen (secondary N) is 1. The molecule has 1 aliphatic rings. The van der Waals surface area contributed by atoms with Crippen LogP contribution in [0.5, 0.6) is 0 Å². The quantitative estimate of drug-likeness (QED) is 0.820. The lowest BCUT2D eigenvalue weighted by atomic mass is 10.1. The summed E-state index contributed by atoms with van der Waals surface area (Å²) < 4.78 is 0. The van der Waals surface area contributed by atoms with Gasteiger partial charge in [0.2, 0.25) is 11.8 Å². The number of hydrogen-bond donors (Lipinski definition) is 2. The molecule has 2 rings (SSSR count). The molecule has 0 aliphatic carbocycles. The molecule has 4 nitrogen and oxygen atoms in total. The third kappa shape index (κ3) is 2.85. The monoisotopic (exact) mass is 264 g/mol. The normalized spacial score (nSPS) is 19.1. The first-order valence-corrected chi connectivity index (χ1v) is 6.52. The summed E-state index contributed by atoms with van der Waals surface area (Å²) in [6.45, 7) is 2.19. The Morgan fingerprint density at radius 1 is 1.44 bits per heavy atom. The molecule has 18 heavy (non-hydrogen) atoms. The molecule has 1 atom stereocenters. The van der Waals surface area contributed by atoms with Crippen molar-refractivity contribution in [1.29, 1.82) is 0 Å². The Bertz CT molecular complexity index is 459. The van der Waals surface area contributed by atoms with Gasteiger partial charge in [-0.25, -0.2) is 0 Å². The number of carbonyl (C=O) groups is 2. The van der Waals surface area contributed by atoms with Crippen LogP contribution in [0.2, 0.25) is 0 Å². The fourth-order valence-corrected chi connectivity index (χ4v) is 2.33. The van der Waals surface area contributed by atoms with Crippen molar-refractivity contribution in [2.24, 2.45) is 5.92 Å². The zero-order chi connectivity index (χ0) is 13.1. The first-order chi connectivity index (χ1) is 8.60. The average Bonchev–Trinajstić information content (AvgIpc) is 2.71. The van der Waals surface area contributed by atoms with Gasteiger partial charge in [-0.3, -0.25) is 9.59 Å². The van der Waals surface area contributed by atoms with E-state index in [0.29, 0.717) is 12.3 Å². The summed E-state index contributed by atoms with van der Waals surface area (Å²) in [7, 11) is 0. The second-order valence-corrected chi connectivity index (χ2v) is 4.85. The molecule has 5 heteroatoms. The molecule has 0 saturated carbocycles. The van der Waals surface area contributed by atoms with Crippen molar-refractivity contribution in [3.63, 3.8) is 0 Å². The number of nitrogens with zero attached hydrogens (tertiary/aromatic N) is 1. The first kappa shape index (κ1) is 13.0. The van der Waals surface area contributed by atoms with Crippen LogP contribution in [0.4, 0.5) is 11.4 Å². The van der Waals surface area contributed by atoms with Crippen molar-refractivity contribution < 1.29 is 9.59 Å². The lowest BCUT2D eigenvalue weighted by Gasteiger charge is -2.16. The topological polar surface area (TPSA) is 49.4 Å². The highest BCUT2D eigenvalue weighted by Gasteiger charge is 2.29. The summed E-state index contributed by atoms with van der Waals surface area (Å²) in [6, 6.07) is 7.31. The zero-order valence-electron chi connectivity index (χ0n) is 10.2. The summed E-state index contributed by atoms with van der Waals surface area (Å²) in [6.07, 6.45) is 0.566. The predicted molar refractivity (Wildman–Crippen MR) is 75.1 cm³/mol. The largest absolute Gasteiger partial charge is 0.326 e. The van der Waals surface area contributed by atoms with Gasteiger partial charge in [-0.2, -0.15) is 12.6 Å². The van der Waals surface area contributed by atoms with Crippen LogP contribution in [0.3, 0.4) is 0 Å². The Kier molecular flexibility index (Phi) is 3.91. The van der Waals surface area contributed by atoms with Gasteiger partial charge < -0.3 is 10.2 Å². The SMILES string of the molecule is CC(=O)Nc1ccc(N2CC(CS)CC2=O)cc1. The molecule has 1 aromatic rings. The Labute approximate surface area is 112 Å². The Hall–Kier alpha value is -1.49. The summed E-state index contributed by atoms with van der Waals surface area (Å²) in [5.74, 6) is 1.10. The van der Waals surface area contributed by atoms with E-state index in [1.807, 2.05) is 12.1 Å². The maximum absolute atomic E-state index is 11.8. The zero-order valence-corrected chi connectivity index (χ0v) is 11.1. The molecule has 1 aromatic carbocycles. The van der Waals surface area contributed by atoms with Crippen molar-refractivity contribution in [3.05, 3.63) is 24.3 Å². The standard InChI is InChI=1S/C13H16N2O2S/c1-9(16)14-11-2-4-12(5-3-11)15-7-10(8-18)6-13(15)17/h2-5,10,18H,6-8H2,1H3,(H,14,16). The van der Waals surface area contributed by atoms with Gasteiger partial charge in [-0.05, 0) is 35.9 Å². The van der Waals surface area contributed by atoms with Crippen LogP contribution in [0, 0.1) is 5.92 Å². The van der Waals surface area contributed by atoms with Crippen molar-refractivity contribution in [1.82, 2.24) is 0 Å². The average molecular weight is 264 g/mol. The molecular formula is C13H16N2O2S. The number of hydrogen-bond acceptors (Lipinski definition) is 3. The number of amides is 2. The van der Waals surface area contributed by atoms with Gasteiger partial charge >= 0.3 is 0 Å². The summed E-state index contributed by atoms with van der Waals surface area (Å²) in [5, 5.41) is 2.70. The van der Waals surface area contributed by atoms with Crippen LogP contribution in [0.25, 0.3) is 0 Å². The van der Waals surface area contributed by atoms with Gasteiger partial charge in [0.05, 0.1) is 0 Å². The number of carbonyl (C=O) groups excluding carboxylic acids is 2. The van der Waals surface area contributed by atoms with Crippen LogP contribution < -0.4 is 10.2 Å². The van der Waals surface area contributed by atoms with Gasteiger partial charge in [0.1, 0.15) is 0 Å². The fourth-order valence-electron chi connectivity index (χ4n) is 2.08. The molecule has 0 aromatic heterocycles. The predicted octanol–water partition coefficient (Wildman–Crippen LogP) is 1.93. The first-order valence-electron chi connectivity index (χ1n) is 5.89. The highest BCUT2D eigenvalue weighted by atomic mass is 32.1. The summed E-state index contributed by atoms with van der Waals surface area (Å²) in [4.78, 5) is 24.5. The number of rotatable bonds is 3. The van der Waals surface area contributed by atoms with Gasteiger partial charge in [0.15, 0.2) is 0 Å². The van der Waals surface area contributed by atoms with E-state index in [4.69, 9.17) is 0 Å². The number of benzene rings is 1. The molecule has 0 spiro atoms. The highest BCUT2D eigenvalue weighted by molar-refractivity contribution is 7.80. The molecule has 1 heterocycles. The minimum atomic E-state index is -0.102. The van der Waals surface area contributed by atoms with Crippen LogP contribution in [0.1, 0.15) is 13.3 Å². The third-order valence-corrected chi connectivity index (χ3v) is 3.48. The third-order valence-electron chi connectivity index (χ3n) is 2.96. The van der Waals surface area contributed by atoms with Crippen LogP contribution in [-0.2, 0) is 9.59 Å². The van der Waals surface area contributed by atoms with Gasteiger partial charge in [-0.1, -0.05) is 0 Å². The van der Waals surface area contributed by atoms with Crippen LogP contribution >= 0.6 is 12.6 Å². The van der Waals surface area contributed by atoms with Gasteiger partial charge in [-0.15, -0.1) is 0 Å². The minimum absolute atomic E-state index is 0.102. The van der Waals surface area contributed by atoms with Crippen molar-refractivity contribution >= 4 is 35.8 Å². The van der Waals surface area contributed by atoms with E-state index < -0.39 is 0 Å². The Morgan fingerprint density at radius 3 is 2.61 bits per heavy atom. The van der Waals surface area contributed by atoms with E-state index in [1.165, 1.54) is 6.92 Å². The smallest absolute Gasteiger partial charge is 0.227 e. The van der Waals surface area contributed by atoms with Crippen molar-refractivity contribution in [3.8, 4) is 0 Å². The highest BCUT2D eigenvalue weighted by Crippen LogP contribution is 2.26. The lowest BCUT2D eigenvalue weighted by Crippen LogP contribution is -2.24. The molecule has 1 aliphatic heterocycles. The van der Waals surface area contributed by atoms with E-state index >= 15 is 0 Å². The van der Waals surface area contributed by atoms with Gasteiger partial charge in [0.25, 0.3) is 0 Å². The second-order valence-electron chi connectivity index (χ2n) is 4.49. The maximum Gasteiger partial charge on any atom is 0.227 e. The second kappa shape index (κ2) is 5.44. The van der Waals surface area contributed by atoms with Crippen molar-refractivity contribution in [2.45, 2.75) is 13.3 Å². The number of anilines is 2. The van der Waals surface area contributed by atoms with Crippen LogP contribution in [0.15, 0.2) is 24.3 Å². The molecule has 1 unspecified atom stereocenters. The van der Waals surface area contributed by atoms with E-state index in [1.54, 1.807) is 17.0 Å². The molecule has 96 valence electrons. The maximum atomic E-state index is 11.8. The van der Waals surface area contributed by atoms with E-state index in [9.17, 15) is 9.59 Å². The fraction of sp³-hybridized carbons (Fsp3) is 0.385. The van der Waals surface area contributed by atoms with Crippen LogP contribution in [-0.4, -0.2) is 24.1 Å². The van der Waals surface area contributed by atoms with E-state index in [2.05, 4.69) is 17.9 Å². The molecule has 0 bridgehead atoms. The summed E-state index contributed by atoms with van der Waals surface area (Å²) >= 11 is 4.24. The molecule has 0 radical (unpaired) electrons. The van der Waals surface area contributed by atoms with E-state index in [0.717, 1.165) is 23.7 Å². The molecular weight excluding hydrogens is 248 g/mol. The molecule has 1 fully saturated rings. The Morgan fingerprint density at radius 2 is 2.11 bits per heavy atom. The van der Waals surface area contributed by atoms with Crippen molar-refractivity contribution in [2.75, 3.05) is 22.5 Å². The number of thiol groups is 1. The molecule has 2 amide bonds. The summed E-state index contributed by atoms with van der Waals surface area (Å²) in [5.41, 5.74) is 1.61. The van der Waals surface area contributed by atoms with E-state index in [-0.39, 0.29) is 11.8 Å². The lowest BCUT2D eigenvalue weighted by molar-refractivity contribution is -0.117. The minimum Gasteiger partial charge on any atom is -0.326 e. The molecule has 1 N–H and O–H groups in total. The molecule has 1 saturated heterocycles. The Balaban J connectivity index is 2.10. The van der Waals surface area contributed by atoms with Gasteiger partial charge in [0, 0.05) is 31.3 Å².